The smallest absolute Gasteiger partial charge is 0.410 e. The molecule has 0 spiro atoms. The van der Waals surface area contributed by atoms with E-state index in [1.165, 1.54) is 6.07 Å². The van der Waals surface area contributed by atoms with Crippen LogP contribution in [0.15, 0.2) is 55.1 Å². The van der Waals surface area contributed by atoms with Crippen LogP contribution >= 0.6 is 0 Å². The van der Waals surface area contributed by atoms with Crippen molar-refractivity contribution in [2.45, 2.75) is 25.6 Å². The second-order valence-corrected chi connectivity index (χ2v) is 8.64. The van der Waals surface area contributed by atoms with Gasteiger partial charge < -0.3 is 9.64 Å². The van der Waals surface area contributed by atoms with Gasteiger partial charge in [0.25, 0.3) is 0 Å². The highest BCUT2D eigenvalue weighted by Crippen LogP contribution is 2.33. The lowest BCUT2D eigenvalue weighted by Crippen LogP contribution is -2.63. The number of rotatable bonds is 5. The van der Waals surface area contributed by atoms with Gasteiger partial charge in [0, 0.05) is 51.4 Å². The number of nitriles is 1. The summed E-state index contributed by atoms with van der Waals surface area (Å²) >= 11 is 0. The average molecular weight is 449 g/mol. The third-order valence-electron chi connectivity index (χ3n) is 6.65. The fraction of sp³-hybridized carbons (Fsp3) is 0.385. The van der Waals surface area contributed by atoms with Gasteiger partial charge in [0.05, 0.1) is 5.56 Å². The van der Waals surface area contributed by atoms with Gasteiger partial charge in [-0.25, -0.2) is 9.18 Å². The first-order chi connectivity index (χ1) is 16.0. The maximum atomic E-state index is 14.1. The van der Waals surface area contributed by atoms with Gasteiger partial charge in [0.1, 0.15) is 18.5 Å². The van der Waals surface area contributed by atoms with Crippen LogP contribution in [0.4, 0.5) is 9.18 Å². The van der Waals surface area contributed by atoms with Gasteiger partial charge in [-0.1, -0.05) is 42.5 Å². The molecule has 0 aliphatic carbocycles. The van der Waals surface area contributed by atoms with Crippen LogP contribution in [0, 0.1) is 24.1 Å². The van der Waals surface area contributed by atoms with Crippen molar-refractivity contribution in [3.8, 4) is 6.07 Å². The molecule has 0 aromatic heterocycles. The van der Waals surface area contributed by atoms with Gasteiger partial charge in [-0.15, -0.1) is 6.58 Å². The van der Waals surface area contributed by atoms with E-state index in [0.29, 0.717) is 25.2 Å². The Labute approximate surface area is 194 Å². The fourth-order valence-corrected chi connectivity index (χ4v) is 4.87. The van der Waals surface area contributed by atoms with Crippen LogP contribution in [-0.2, 0) is 11.3 Å². The summed E-state index contributed by atoms with van der Waals surface area (Å²) in [5, 5.41) is 9.40. The zero-order valence-electron chi connectivity index (χ0n) is 18.9. The summed E-state index contributed by atoms with van der Waals surface area (Å²) in [7, 11) is 0. The quantitative estimate of drug-likeness (QED) is 0.650. The van der Waals surface area contributed by atoms with Crippen LogP contribution in [0.2, 0.25) is 0 Å². The van der Waals surface area contributed by atoms with E-state index < -0.39 is 5.82 Å². The van der Waals surface area contributed by atoms with Crippen molar-refractivity contribution in [3.63, 3.8) is 0 Å². The van der Waals surface area contributed by atoms with Gasteiger partial charge in [-0.05, 0) is 29.7 Å². The molecule has 2 saturated heterocycles. The second kappa shape index (κ2) is 10.2. The first kappa shape index (κ1) is 23.0. The summed E-state index contributed by atoms with van der Waals surface area (Å²) in [6.07, 6.45) is 1.57. The number of amides is 1. The molecular formula is C26H29FN4O2. The Balaban J connectivity index is 1.45. The molecule has 33 heavy (non-hydrogen) atoms. The highest BCUT2D eigenvalue weighted by molar-refractivity contribution is 5.67. The standard InChI is InChI=1S/C26H29FN4O2/c1-3-11-30-15-21-16-31(26(32)33-18-20-7-5-4-6-8-20)13-12-29(21)17-25(30)22-9-10-24(27)23(14-28)19(22)2/h3-10,21,25H,1,11-13,15-18H2,2H3/t21-,25-/m0/s1. The summed E-state index contributed by atoms with van der Waals surface area (Å²) in [4.78, 5) is 19.1. The Hall–Kier alpha value is -3.21. The van der Waals surface area contributed by atoms with Gasteiger partial charge in [-0.3, -0.25) is 9.80 Å². The summed E-state index contributed by atoms with van der Waals surface area (Å²) in [5.74, 6) is -0.481. The van der Waals surface area contributed by atoms with Crippen LogP contribution in [-0.4, -0.2) is 66.1 Å². The van der Waals surface area contributed by atoms with E-state index in [4.69, 9.17) is 4.74 Å². The fourth-order valence-electron chi connectivity index (χ4n) is 4.87. The molecule has 2 heterocycles. The number of carbonyl (C=O) groups is 1. The molecule has 4 rings (SSSR count). The molecule has 0 unspecified atom stereocenters. The van der Waals surface area contributed by atoms with Crippen molar-refractivity contribution in [1.82, 2.24) is 14.7 Å². The van der Waals surface area contributed by atoms with Crippen LogP contribution in [0.25, 0.3) is 0 Å². The molecule has 2 aromatic rings. The number of piperazine rings is 2. The molecule has 2 atom stereocenters. The van der Waals surface area contributed by atoms with Crippen molar-refractivity contribution in [2.75, 3.05) is 39.3 Å². The molecule has 172 valence electrons. The van der Waals surface area contributed by atoms with Gasteiger partial charge in [-0.2, -0.15) is 5.26 Å². The van der Waals surface area contributed by atoms with Crippen molar-refractivity contribution >= 4 is 6.09 Å². The lowest BCUT2D eigenvalue weighted by Gasteiger charge is -2.50. The third-order valence-corrected chi connectivity index (χ3v) is 6.65. The van der Waals surface area contributed by atoms with Crippen molar-refractivity contribution in [2.24, 2.45) is 0 Å². The lowest BCUT2D eigenvalue weighted by atomic mass is 9.92. The number of halogens is 1. The Bertz CT molecular complexity index is 1050. The zero-order chi connectivity index (χ0) is 23.4. The summed E-state index contributed by atoms with van der Waals surface area (Å²) in [5.41, 5.74) is 2.74. The first-order valence-electron chi connectivity index (χ1n) is 11.3. The predicted molar refractivity (Wildman–Crippen MR) is 124 cm³/mol. The van der Waals surface area contributed by atoms with E-state index >= 15 is 0 Å². The molecule has 0 bridgehead atoms. The van der Waals surface area contributed by atoms with E-state index in [9.17, 15) is 14.4 Å². The van der Waals surface area contributed by atoms with E-state index in [2.05, 4.69) is 16.4 Å². The molecule has 2 aliphatic rings. The van der Waals surface area contributed by atoms with Crippen LogP contribution in [0.5, 0.6) is 0 Å². The summed E-state index contributed by atoms with van der Waals surface area (Å²) in [6, 6.07) is 15.1. The van der Waals surface area contributed by atoms with Gasteiger partial charge in [0.15, 0.2) is 0 Å². The molecule has 7 heteroatoms. The normalized spacial score (nSPS) is 21.2. The maximum Gasteiger partial charge on any atom is 0.410 e. The first-order valence-corrected chi connectivity index (χ1v) is 11.3. The molecule has 2 aliphatic heterocycles. The molecule has 0 N–H and O–H groups in total. The van der Waals surface area contributed by atoms with Crippen LogP contribution in [0.1, 0.15) is 28.3 Å². The minimum atomic E-state index is -0.481. The van der Waals surface area contributed by atoms with Crippen molar-refractivity contribution in [1.29, 1.82) is 5.26 Å². The topological polar surface area (TPSA) is 59.8 Å². The van der Waals surface area contributed by atoms with E-state index in [1.54, 1.807) is 11.0 Å². The predicted octanol–water partition coefficient (Wildman–Crippen LogP) is 3.87. The molecule has 0 saturated carbocycles. The maximum absolute atomic E-state index is 14.1. The molecule has 1 amide bonds. The monoisotopic (exact) mass is 448 g/mol. The van der Waals surface area contributed by atoms with E-state index in [-0.39, 0.29) is 30.3 Å². The molecule has 0 radical (unpaired) electrons. The second-order valence-electron chi connectivity index (χ2n) is 8.64. The minimum absolute atomic E-state index is 0.0310. The number of nitrogens with zero attached hydrogens (tertiary/aromatic N) is 4. The Morgan fingerprint density at radius 1 is 1.21 bits per heavy atom. The number of hydrogen-bond acceptors (Lipinski definition) is 5. The SMILES string of the molecule is C=CCN1C[C@H]2CN(C(=O)OCc3ccccc3)CCN2C[C@H]1c1ccc(F)c(C#N)c1C. The number of carbonyl (C=O) groups excluding carboxylic acids is 1. The molecule has 6 nitrogen and oxygen atoms in total. The largest absolute Gasteiger partial charge is 0.445 e. The number of benzene rings is 2. The molecular weight excluding hydrogens is 419 g/mol. The van der Waals surface area contributed by atoms with Crippen molar-refractivity contribution < 1.29 is 13.9 Å². The average Bonchev–Trinajstić information content (AvgIpc) is 2.83. The lowest BCUT2D eigenvalue weighted by molar-refractivity contribution is -0.0156. The third kappa shape index (κ3) is 4.92. The van der Waals surface area contributed by atoms with E-state index in [0.717, 1.165) is 30.8 Å². The zero-order valence-corrected chi connectivity index (χ0v) is 18.9. The summed E-state index contributed by atoms with van der Waals surface area (Å²) < 4.78 is 19.6. The van der Waals surface area contributed by atoms with Crippen LogP contribution in [0.3, 0.4) is 0 Å². The highest BCUT2D eigenvalue weighted by Gasteiger charge is 2.39. The van der Waals surface area contributed by atoms with E-state index in [1.807, 2.05) is 49.4 Å². The van der Waals surface area contributed by atoms with Crippen molar-refractivity contribution in [3.05, 3.63) is 83.2 Å². The van der Waals surface area contributed by atoms with Crippen LogP contribution < -0.4 is 0 Å². The Morgan fingerprint density at radius 2 is 2.00 bits per heavy atom. The van der Waals surface area contributed by atoms with Gasteiger partial charge >= 0.3 is 6.09 Å². The number of fused-ring (bicyclic) bond motifs is 1. The Morgan fingerprint density at radius 3 is 2.73 bits per heavy atom. The number of ether oxygens (including phenoxy) is 1. The highest BCUT2D eigenvalue weighted by atomic mass is 19.1. The molecule has 2 fully saturated rings. The minimum Gasteiger partial charge on any atom is -0.445 e. The molecule has 2 aromatic carbocycles. The number of hydrogen-bond donors (Lipinski definition) is 0. The summed E-state index contributed by atoms with van der Waals surface area (Å²) in [6.45, 7) is 10.1. The van der Waals surface area contributed by atoms with Gasteiger partial charge in [0.2, 0.25) is 0 Å². The Kier molecular flexibility index (Phi) is 7.07.